The molecular formula is C26H33F3N6O3. The first-order valence-corrected chi connectivity index (χ1v) is 13.3. The Morgan fingerprint density at radius 1 is 1.16 bits per heavy atom. The molecule has 5 rings (SSSR count). The second-order valence-corrected chi connectivity index (χ2v) is 10.1. The zero-order valence-corrected chi connectivity index (χ0v) is 21.6. The van der Waals surface area contributed by atoms with Gasteiger partial charge in [-0.2, -0.15) is 13.2 Å². The van der Waals surface area contributed by atoms with E-state index in [0.717, 1.165) is 25.0 Å². The minimum Gasteiger partial charge on any atom is -0.475 e. The molecule has 4 heterocycles. The normalized spacial score (nSPS) is 21.7. The van der Waals surface area contributed by atoms with Gasteiger partial charge in [0.15, 0.2) is 5.76 Å². The van der Waals surface area contributed by atoms with Gasteiger partial charge < -0.3 is 23.8 Å². The average Bonchev–Trinajstić information content (AvgIpc) is 3.43. The Labute approximate surface area is 218 Å². The van der Waals surface area contributed by atoms with Gasteiger partial charge in [-0.25, -0.2) is 19.7 Å². The predicted octanol–water partition coefficient (Wildman–Crippen LogP) is 6.02. The van der Waals surface area contributed by atoms with Gasteiger partial charge in [0.05, 0.1) is 12.3 Å². The van der Waals surface area contributed by atoms with Crippen LogP contribution in [0.3, 0.4) is 0 Å². The topological polar surface area (TPSA) is 97.8 Å². The largest absolute Gasteiger partial charge is 0.475 e. The van der Waals surface area contributed by atoms with E-state index in [1.807, 2.05) is 30.6 Å². The van der Waals surface area contributed by atoms with Crippen LogP contribution in [0.25, 0.3) is 17.1 Å². The maximum atomic E-state index is 13.3. The van der Waals surface area contributed by atoms with Gasteiger partial charge in [0.25, 0.3) is 5.88 Å². The molecule has 0 radical (unpaired) electrons. The number of amides is 2. The molecular weight excluding hydrogens is 501 g/mol. The number of urea groups is 1. The summed E-state index contributed by atoms with van der Waals surface area (Å²) in [5.74, 6) is 1.55. The van der Waals surface area contributed by atoms with E-state index in [4.69, 9.17) is 19.1 Å². The monoisotopic (exact) mass is 534 g/mol. The molecule has 9 nitrogen and oxygen atoms in total. The number of nitrogens with zero attached hydrogens (tertiary/aromatic N) is 5. The summed E-state index contributed by atoms with van der Waals surface area (Å²) < 4.78 is 53.1. The second kappa shape index (κ2) is 10.8. The number of hydrogen-bond donors (Lipinski definition) is 1. The summed E-state index contributed by atoms with van der Waals surface area (Å²) in [5, 5.41) is 2.85. The number of fused-ring (bicyclic) bond motifs is 7. The van der Waals surface area contributed by atoms with Crippen LogP contribution in [0.2, 0.25) is 0 Å². The summed E-state index contributed by atoms with van der Waals surface area (Å²) in [5.41, 5.74) is 1.96. The molecule has 1 aliphatic carbocycles. The van der Waals surface area contributed by atoms with Crippen molar-refractivity contribution < 1.29 is 27.1 Å². The maximum absolute atomic E-state index is 13.3. The molecule has 4 bridgehead atoms. The minimum atomic E-state index is -4.28. The van der Waals surface area contributed by atoms with Crippen LogP contribution in [-0.2, 0) is 0 Å². The van der Waals surface area contributed by atoms with Gasteiger partial charge in [-0.15, -0.1) is 0 Å². The molecule has 2 atom stereocenters. The fourth-order valence-corrected chi connectivity index (χ4v) is 4.90. The molecule has 1 N–H and O–H groups in total. The predicted molar refractivity (Wildman–Crippen MR) is 133 cm³/mol. The third kappa shape index (κ3) is 5.88. The van der Waals surface area contributed by atoms with Crippen molar-refractivity contribution in [2.45, 2.75) is 89.4 Å². The Balaban J connectivity index is 1.50. The molecule has 206 valence electrons. The Kier molecular flexibility index (Phi) is 7.49. The van der Waals surface area contributed by atoms with Gasteiger partial charge in [-0.05, 0) is 52.4 Å². The van der Waals surface area contributed by atoms with Gasteiger partial charge in [0.2, 0.25) is 11.5 Å². The Morgan fingerprint density at radius 3 is 2.71 bits per heavy atom. The van der Waals surface area contributed by atoms with Gasteiger partial charge in [0, 0.05) is 43.5 Å². The molecule has 0 spiro atoms. The van der Waals surface area contributed by atoms with Crippen molar-refractivity contribution in [1.29, 1.82) is 0 Å². The summed E-state index contributed by atoms with van der Waals surface area (Å²) in [6, 6.07) is -1.55. The average molecular weight is 535 g/mol. The third-order valence-electron chi connectivity index (χ3n) is 7.18. The third-order valence-corrected chi connectivity index (χ3v) is 7.18. The van der Waals surface area contributed by atoms with Crippen molar-refractivity contribution in [2.24, 2.45) is 0 Å². The summed E-state index contributed by atoms with van der Waals surface area (Å²) in [6.45, 7) is 4.37. The molecule has 1 saturated carbocycles. The molecule has 38 heavy (non-hydrogen) atoms. The molecule has 2 amide bonds. The first kappa shape index (κ1) is 26.3. The zero-order valence-electron chi connectivity index (χ0n) is 21.6. The highest BCUT2D eigenvalue weighted by atomic mass is 19.4. The summed E-state index contributed by atoms with van der Waals surface area (Å²) in [7, 11) is 0. The SMILES string of the molecule is CCN1C(=O)N[C@@H](CCC(F)(F)F)CCCCCOc2nc(cn3ccnc23)-c2oc(nc2C2CC2)[C@H]1C. The molecule has 12 heteroatoms. The van der Waals surface area contributed by atoms with Crippen LogP contribution in [0.4, 0.5) is 18.0 Å². The van der Waals surface area contributed by atoms with Gasteiger partial charge in [-0.3, -0.25) is 0 Å². The molecule has 0 saturated heterocycles. The van der Waals surface area contributed by atoms with Crippen LogP contribution >= 0.6 is 0 Å². The van der Waals surface area contributed by atoms with Crippen LogP contribution in [-0.4, -0.2) is 55.7 Å². The molecule has 1 fully saturated rings. The number of alkyl halides is 3. The quantitative estimate of drug-likeness (QED) is 0.440. The lowest BCUT2D eigenvalue weighted by atomic mass is 10.0. The van der Waals surface area contributed by atoms with E-state index in [1.54, 1.807) is 11.1 Å². The number of rotatable bonds is 4. The van der Waals surface area contributed by atoms with E-state index in [2.05, 4.69) is 10.3 Å². The minimum absolute atomic E-state index is 0.166. The van der Waals surface area contributed by atoms with Crippen molar-refractivity contribution in [3.8, 4) is 17.3 Å². The van der Waals surface area contributed by atoms with Gasteiger partial charge in [0.1, 0.15) is 11.7 Å². The highest BCUT2D eigenvalue weighted by molar-refractivity contribution is 5.75. The van der Waals surface area contributed by atoms with Crippen LogP contribution in [0.15, 0.2) is 23.0 Å². The number of nitrogens with one attached hydrogen (secondary N) is 1. The van der Waals surface area contributed by atoms with Gasteiger partial charge >= 0.3 is 12.2 Å². The van der Waals surface area contributed by atoms with E-state index in [0.29, 0.717) is 61.3 Å². The van der Waals surface area contributed by atoms with Crippen molar-refractivity contribution in [3.05, 3.63) is 30.2 Å². The number of hydrogen-bond acceptors (Lipinski definition) is 6. The fourth-order valence-electron chi connectivity index (χ4n) is 4.90. The highest BCUT2D eigenvalue weighted by Crippen LogP contribution is 2.45. The van der Waals surface area contributed by atoms with E-state index >= 15 is 0 Å². The Morgan fingerprint density at radius 2 is 1.97 bits per heavy atom. The van der Waals surface area contributed by atoms with Crippen molar-refractivity contribution in [2.75, 3.05) is 13.2 Å². The van der Waals surface area contributed by atoms with E-state index in [9.17, 15) is 18.0 Å². The van der Waals surface area contributed by atoms with Crippen LogP contribution < -0.4 is 10.1 Å². The smallest absolute Gasteiger partial charge is 0.389 e. The second-order valence-electron chi connectivity index (χ2n) is 10.1. The van der Waals surface area contributed by atoms with E-state index in [1.165, 1.54) is 0 Å². The number of aromatic nitrogens is 4. The molecule has 0 unspecified atom stereocenters. The highest BCUT2D eigenvalue weighted by Gasteiger charge is 2.35. The molecule has 3 aromatic rings. The van der Waals surface area contributed by atoms with Gasteiger partial charge in [-0.1, -0.05) is 6.42 Å². The number of ether oxygens (including phenoxy) is 1. The summed E-state index contributed by atoms with van der Waals surface area (Å²) >= 11 is 0. The Hall–Kier alpha value is -3.31. The lowest BCUT2D eigenvalue weighted by molar-refractivity contribution is -0.136. The van der Waals surface area contributed by atoms with Crippen LogP contribution in [0, 0.1) is 0 Å². The lowest BCUT2D eigenvalue weighted by Crippen LogP contribution is -2.46. The first-order valence-electron chi connectivity index (χ1n) is 13.3. The number of halogens is 3. The molecule has 1 aliphatic heterocycles. The fraction of sp³-hybridized carbons (Fsp3) is 0.615. The lowest BCUT2D eigenvalue weighted by Gasteiger charge is -2.29. The zero-order chi connectivity index (χ0) is 26.9. The number of imidazole rings is 1. The Bertz CT molecular complexity index is 1270. The summed E-state index contributed by atoms with van der Waals surface area (Å²) in [4.78, 5) is 28.7. The van der Waals surface area contributed by atoms with Crippen molar-refractivity contribution >= 4 is 11.7 Å². The van der Waals surface area contributed by atoms with Crippen molar-refractivity contribution in [3.63, 3.8) is 0 Å². The number of oxazole rings is 1. The van der Waals surface area contributed by atoms with Crippen LogP contribution in [0.5, 0.6) is 5.88 Å². The number of carbonyl (C=O) groups is 1. The first-order chi connectivity index (χ1) is 18.2. The summed E-state index contributed by atoms with van der Waals surface area (Å²) in [6.07, 6.45) is 4.45. The van der Waals surface area contributed by atoms with Crippen LogP contribution in [0.1, 0.15) is 88.8 Å². The molecule has 0 aromatic carbocycles. The standard InChI is InChI=1S/C26H33F3N6O3/c1-3-35-16(2)23-33-20(17-8-9-17)21(38-23)19-15-34-13-12-30-22(34)24(32-19)37-14-6-4-5-7-18(31-25(35)36)10-11-26(27,28)29/h12-13,15-18H,3-11,14H2,1-2H3,(H,31,36)/t16-,18-/m1/s1. The van der Waals surface area contributed by atoms with Crippen molar-refractivity contribution in [1.82, 2.24) is 29.6 Å². The van der Waals surface area contributed by atoms with E-state index in [-0.39, 0.29) is 12.3 Å². The van der Waals surface area contributed by atoms with E-state index < -0.39 is 30.7 Å². The molecule has 3 aromatic heterocycles. The maximum Gasteiger partial charge on any atom is 0.389 e. The molecule has 2 aliphatic rings. The number of carbonyl (C=O) groups excluding carboxylic acids is 1.